The van der Waals surface area contributed by atoms with Crippen LogP contribution in [-0.2, 0) is 9.53 Å². The average Bonchev–Trinajstić information content (AvgIpc) is 2.90. The van der Waals surface area contributed by atoms with Crippen LogP contribution in [0.4, 0.5) is 0 Å². The summed E-state index contributed by atoms with van der Waals surface area (Å²) in [5.74, 6) is -0.0720. The van der Waals surface area contributed by atoms with E-state index in [0.717, 1.165) is 31.5 Å². The molecule has 0 radical (unpaired) electrons. The standard InChI is InChI=1S/C22H34N4O3/c1-16-12-24-18(13-23-16)20(28)25(8-9-29-5)7-6-19(27)26-15-22(4)11-17(26)10-21(2,3)14-22/h12-13,17H,6-11,14-15H2,1-5H3. The van der Waals surface area contributed by atoms with E-state index in [9.17, 15) is 9.59 Å². The molecule has 2 unspecified atom stereocenters. The molecule has 2 amide bonds. The van der Waals surface area contributed by atoms with Gasteiger partial charge in [0.1, 0.15) is 5.69 Å². The summed E-state index contributed by atoms with van der Waals surface area (Å²) in [5.41, 5.74) is 1.55. The van der Waals surface area contributed by atoms with Gasteiger partial charge in [-0.15, -0.1) is 0 Å². The number of aryl methyl sites for hydroxylation is 1. The number of ether oxygens (including phenoxy) is 1. The third-order valence-electron chi connectivity index (χ3n) is 6.18. The molecule has 7 heteroatoms. The fraction of sp³-hybridized carbons (Fsp3) is 0.727. The minimum Gasteiger partial charge on any atom is -0.383 e. The zero-order chi connectivity index (χ0) is 21.2. The van der Waals surface area contributed by atoms with Crippen LogP contribution in [0.5, 0.6) is 0 Å². The van der Waals surface area contributed by atoms with Crippen molar-refractivity contribution in [1.82, 2.24) is 19.8 Å². The number of aromatic nitrogens is 2. The van der Waals surface area contributed by atoms with Crippen molar-refractivity contribution in [2.24, 2.45) is 10.8 Å². The second kappa shape index (κ2) is 8.38. The molecule has 0 aromatic carbocycles. The number of nitrogens with zero attached hydrogens (tertiary/aromatic N) is 4. The number of amides is 2. The summed E-state index contributed by atoms with van der Waals surface area (Å²) in [5, 5.41) is 0. The first kappa shape index (κ1) is 21.7. The van der Waals surface area contributed by atoms with Gasteiger partial charge in [0.15, 0.2) is 0 Å². The summed E-state index contributed by atoms with van der Waals surface area (Å²) < 4.78 is 5.15. The van der Waals surface area contributed by atoms with Gasteiger partial charge < -0.3 is 14.5 Å². The summed E-state index contributed by atoms with van der Waals surface area (Å²) in [6.07, 6.45) is 6.70. The van der Waals surface area contributed by atoms with Crippen LogP contribution in [0.2, 0.25) is 0 Å². The quantitative estimate of drug-likeness (QED) is 0.701. The Labute approximate surface area is 173 Å². The maximum atomic E-state index is 13.1. The number of likely N-dealkylation sites (tertiary alicyclic amines) is 1. The SMILES string of the molecule is COCCN(CCC(=O)N1CC2(C)CC1CC(C)(C)C2)C(=O)c1cnc(C)cn1. The summed E-state index contributed by atoms with van der Waals surface area (Å²) in [6, 6.07) is 0.322. The highest BCUT2D eigenvalue weighted by Crippen LogP contribution is 2.52. The lowest BCUT2D eigenvalue weighted by atomic mass is 9.65. The smallest absolute Gasteiger partial charge is 0.274 e. The van der Waals surface area contributed by atoms with E-state index in [4.69, 9.17) is 4.74 Å². The molecular weight excluding hydrogens is 368 g/mol. The molecule has 2 heterocycles. The molecule has 1 aromatic heterocycles. The number of hydrogen-bond acceptors (Lipinski definition) is 5. The van der Waals surface area contributed by atoms with Crippen LogP contribution < -0.4 is 0 Å². The van der Waals surface area contributed by atoms with Crippen molar-refractivity contribution in [2.75, 3.05) is 33.4 Å². The van der Waals surface area contributed by atoms with Crippen molar-refractivity contribution in [2.45, 2.75) is 59.4 Å². The largest absolute Gasteiger partial charge is 0.383 e. The molecule has 2 atom stereocenters. The number of rotatable bonds is 7. The summed E-state index contributed by atoms with van der Waals surface area (Å²) >= 11 is 0. The van der Waals surface area contributed by atoms with E-state index in [0.29, 0.717) is 37.9 Å². The maximum Gasteiger partial charge on any atom is 0.274 e. The van der Waals surface area contributed by atoms with E-state index in [1.54, 1.807) is 18.2 Å². The van der Waals surface area contributed by atoms with Crippen LogP contribution in [0.3, 0.4) is 0 Å². The Balaban J connectivity index is 1.64. The molecule has 29 heavy (non-hydrogen) atoms. The van der Waals surface area contributed by atoms with Crippen LogP contribution in [0.25, 0.3) is 0 Å². The second-order valence-electron chi connectivity index (χ2n) is 9.81. The van der Waals surface area contributed by atoms with Gasteiger partial charge >= 0.3 is 0 Å². The third-order valence-corrected chi connectivity index (χ3v) is 6.18. The van der Waals surface area contributed by atoms with E-state index in [1.165, 1.54) is 6.20 Å². The number of methoxy groups -OCH3 is 1. The van der Waals surface area contributed by atoms with Crippen molar-refractivity contribution in [3.05, 3.63) is 23.8 Å². The normalized spacial score (nSPS) is 25.1. The molecule has 3 rings (SSSR count). The van der Waals surface area contributed by atoms with Gasteiger partial charge in [0.05, 0.1) is 18.5 Å². The molecule has 1 aliphatic heterocycles. The Morgan fingerprint density at radius 3 is 2.62 bits per heavy atom. The van der Waals surface area contributed by atoms with Gasteiger partial charge in [-0.1, -0.05) is 20.8 Å². The first-order valence-electron chi connectivity index (χ1n) is 10.5. The highest BCUT2D eigenvalue weighted by molar-refractivity contribution is 5.92. The van der Waals surface area contributed by atoms with Crippen LogP contribution in [0.15, 0.2) is 12.4 Å². The lowest BCUT2D eigenvalue weighted by Crippen LogP contribution is -2.41. The lowest BCUT2D eigenvalue weighted by Gasteiger charge is -2.39. The molecule has 2 fully saturated rings. The minimum absolute atomic E-state index is 0.140. The molecule has 1 aromatic rings. The van der Waals surface area contributed by atoms with Crippen LogP contribution >= 0.6 is 0 Å². The average molecular weight is 403 g/mol. The van der Waals surface area contributed by atoms with E-state index in [2.05, 4.69) is 35.6 Å². The predicted molar refractivity (Wildman–Crippen MR) is 110 cm³/mol. The van der Waals surface area contributed by atoms with Gasteiger partial charge in [0.25, 0.3) is 5.91 Å². The Kier molecular flexibility index (Phi) is 6.27. The second-order valence-corrected chi connectivity index (χ2v) is 9.81. The minimum atomic E-state index is -0.212. The summed E-state index contributed by atoms with van der Waals surface area (Å²) in [6.45, 7) is 10.8. The molecule has 1 aliphatic carbocycles. The summed E-state index contributed by atoms with van der Waals surface area (Å²) in [7, 11) is 1.60. The zero-order valence-electron chi connectivity index (χ0n) is 18.4. The first-order chi connectivity index (χ1) is 13.6. The van der Waals surface area contributed by atoms with Gasteiger partial charge in [-0.2, -0.15) is 0 Å². The Morgan fingerprint density at radius 2 is 1.97 bits per heavy atom. The molecule has 1 saturated carbocycles. The Hall–Kier alpha value is -2.02. The van der Waals surface area contributed by atoms with E-state index >= 15 is 0 Å². The van der Waals surface area contributed by atoms with Gasteiger partial charge in [0.2, 0.25) is 5.91 Å². The number of fused-ring (bicyclic) bond motifs is 2. The van der Waals surface area contributed by atoms with E-state index < -0.39 is 0 Å². The van der Waals surface area contributed by atoms with Crippen LogP contribution in [-0.4, -0.2) is 71.0 Å². The lowest BCUT2D eigenvalue weighted by molar-refractivity contribution is -0.132. The maximum absolute atomic E-state index is 13.1. The zero-order valence-corrected chi connectivity index (χ0v) is 18.4. The van der Waals surface area contributed by atoms with Gasteiger partial charge in [-0.3, -0.25) is 14.6 Å². The molecule has 2 bridgehead atoms. The molecule has 1 saturated heterocycles. The molecule has 160 valence electrons. The predicted octanol–water partition coefficient (Wildman–Crippen LogP) is 2.69. The van der Waals surface area contributed by atoms with Gasteiger partial charge in [-0.25, -0.2) is 4.98 Å². The first-order valence-corrected chi connectivity index (χ1v) is 10.5. The molecule has 0 spiro atoms. The topological polar surface area (TPSA) is 75.6 Å². The Morgan fingerprint density at radius 1 is 1.21 bits per heavy atom. The van der Waals surface area contributed by atoms with E-state index in [1.807, 2.05) is 6.92 Å². The fourth-order valence-electron chi connectivity index (χ4n) is 5.31. The van der Waals surface area contributed by atoms with Crippen LogP contribution in [0, 0.1) is 17.8 Å². The highest BCUT2D eigenvalue weighted by atomic mass is 16.5. The monoisotopic (exact) mass is 402 g/mol. The number of carbonyl (C=O) groups is 2. The molecule has 2 aliphatic rings. The van der Waals surface area contributed by atoms with Crippen molar-refractivity contribution in [1.29, 1.82) is 0 Å². The van der Waals surface area contributed by atoms with Crippen molar-refractivity contribution in [3.8, 4) is 0 Å². The third kappa shape index (κ3) is 5.13. The summed E-state index contributed by atoms with van der Waals surface area (Å²) in [4.78, 5) is 38.0. The van der Waals surface area contributed by atoms with Crippen molar-refractivity contribution < 1.29 is 14.3 Å². The number of carbonyl (C=O) groups excluding carboxylic acids is 2. The van der Waals surface area contributed by atoms with Gasteiger partial charge in [0, 0.05) is 45.4 Å². The molecule has 7 nitrogen and oxygen atoms in total. The van der Waals surface area contributed by atoms with Crippen molar-refractivity contribution in [3.63, 3.8) is 0 Å². The van der Waals surface area contributed by atoms with Gasteiger partial charge in [-0.05, 0) is 37.0 Å². The fourth-order valence-corrected chi connectivity index (χ4v) is 5.31. The molecular formula is C22H34N4O3. The van der Waals surface area contributed by atoms with Crippen molar-refractivity contribution >= 4 is 11.8 Å². The highest BCUT2D eigenvalue weighted by Gasteiger charge is 2.50. The van der Waals surface area contributed by atoms with Crippen LogP contribution in [0.1, 0.15) is 62.6 Å². The number of hydrogen-bond donors (Lipinski definition) is 0. The molecule has 0 N–H and O–H groups in total. The Bertz CT molecular complexity index is 749. The van der Waals surface area contributed by atoms with E-state index in [-0.39, 0.29) is 22.6 Å².